The SMILES string of the molecule is O=C[C@H]1O[C@@H](O)[C@H](O)[C@@H]1O. The highest BCUT2D eigenvalue weighted by molar-refractivity contribution is 5.58. The van der Waals surface area contributed by atoms with Gasteiger partial charge in [-0.25, -0.2) is 0 Å². The summed E-state index contributed by atoms with van der Waals surface area (Å²) >= 11 is 0. The van der Waals surface area contributed by atoms with Crippen LogP contribution < -0.4 is 0 Å². The molecule has 0 unspecified atom stereocenters. The number of hydrogen-bond acceptors (Lipinski definition) is 5. The average molecular weight is 148 g/mol. The molecule has 3 N–H and O–H groups in total. The Morgan fingerprint density at radius 2 is 1.80 bits per heavy atom. The van der Waals surface area contributed by atoms with Gasteiger partial charge in [0, 0.05) is 0 Å². The van der Waals surface area contributed by atoms with E-state index in [9.17, 15) is 4.79 Å². The molecule has 10 heavy (non-hydrogen) atoms. The molecule has 0 aromatic carbocycles. The molecule has 0 aliphatic carbocycles. The maximum Gasteiger partial charge on any atom is 0.184 e. The van der Waals surface area contributed by atoms with Gasteiger partial charge < -0.3 is 24.9 Å². The van der Waals surface area contributed by atoms with E-state index >= 15 is 0 Å². The van der Waals surface area contributed by atoms with Crippen LogP contribution in [0, 0.1) is 0 Å². The first-order valence-electron chi connectivity index (χ1n) is 2.82. The highest BCUT2D eigenvalue weighted by Crippen LogP contribution is 2.17. The van der Waals surface area contributed by atoms with Crippen molar-refractivity contribution in [3.63, 3.8) is 0 Å². The quantitative estimate of drug-likeness (QED) is 0.361. The molecule has 0 bridgehead atoms. The Kier molecular flexibility index (Phi) is 2.00. The molecule has 58 valence electrons. The van der Waals surface area contributed by atoms with Crippen molar-refractivity contribution < 1.29 is 24.9 Å². The Hall–Kier alpha value is -0.490. The van der Waals surface area contributed by atoms with Crippen LogP contribution in [0.2, 0.25) is 0 Å². The Balaban J connectivity index is 2.61. The zero-order valence-electron chi connectivity index (χ0n) is 5.04. The molecular weight excluding hydrogens is 140 g/mol. The van der Waals surface area contributed by atoms with Gasteiger partial charge in [0.25, 0.3) is 0 Å². The molecule has 1 fully saturated rings. The summed E-state index contributed by atoms with van der Waals surface area (Å²) in [4.78, 5) is 10.0. The zero-order chi connectivity index (χ0) is 7.72. The standard InChI is InChI=1S/C5H8O5/c6-1-2-3(7)4(8)5(9)10-2/h1-5,7-9H/t2-,3-,4-,5-/m1/s1. The van der Waals surface area contributed by atoms with E-state index < -0.39 is 24.6 Å². The van der Waals surface area contributed by atoms with Crippen LogP contribution in [0.5, 0.6) is 0 Å². The number of aliphatic hydroxyl groups excluding tert-OH is 3. The molecule has 0 radical (unpaired) electrons. The highest BCUT2D eigenvalue weighted by Gasteiger charge is 2.41. The summed E-state index contributed by atoms with van der Waals surface area (Å²) < 4.78 is 4.42. The van der Waals surface area contributed by atoms with E-state index in [4.69, 9.17) is 15.3 Å². The van der Waals surface area contributed by atoms with E-state index in [1.54, 1.807) is 0 Å². The van der Waals surface area contributed by atoms with Gasteiger partial charge in [0.15, 0.2) is 12.6 Å². The van der Waals surface area contributed by atoms with Gasteiger partial charge in [-0.3, -0.25) is 0 Å². The summed E-state index contributed by atoms with van der Waals surface area (Å²) in [7, 11) is 0. The second-order valence-electron chi connectivity index (χ2n) is 2.11. The van der Waals surface area contributed by atoms with Crippen molar-refractivity contribution in [2.45, 2.75) is 24.6 Å². The number of carbonyl (C=O) groups excluding carboxylic acids is 1. The van der Waals surface area contributed by atoms with Gasteiger partial charge >= 0.3 is 0 Å². The molecule has 0 aromatic rings. The second-order valence-corrected chi connectivity index (χ2v) is 2.11. The number of ether oxygens (including phenoxy) is 1. The summed E-state index contributed by atoms with van der Waals surface area (Å²) in [5.41, 5.74) is 0. The lowest BCUT2D eigenvalue weighted by Crippen LogP contribution is -2.32. The topological polar surface area (TPSA) is 87.0 Å². The number of rotatable bonds is 1. The van der Waals surface area contributed by atoms with Gasteiger partial charge in [0.2, 0.25) is 0 Å². The van der Waals surface area contributed by atoms with Gasteiger partial charge in [-0.1, -0.05) is 0 Å². The number of aldehydes is 1. The number of carbonyl (C=O) groups is 1. The van der Waals surface area contributed by atoms with Crippen molar-refractivity contribution >= 4 is 6.29 Å². The summed E-state index contributed by atoms with van der Waals surface area (Å²) in [6.07, 6.45) is -4.91. The van der Waals surface area contributed by atoms with Crippen LogP contribution in [-0.4, -0.2) is 46.2 Å². The van der Waals surface area contributed by atoms with E-state index in [-0.39, 0.29) is 0 Å². The summed E-state index contributed by atoms with van der Waals surface area (Å²) in [6.45, 7) is 0. The third kappa shape index (κ3) is 1.04. The van der Waals surface area contributed by atoms with Crippen LogP contribution in [0.15, 0.2) is 0 Å². The van der Waals surface area contributed by atoms with Gasteiger partial charge in [-0.2, -0.15) is 0 Å². The molecule has 1 saturated heterocycles. The smallest absolute Gasteiger partial charge is 0.184 e. The predicted molar refractivity (Wildman–Crippen MR) is 29.0 cm³/mol. The van der Waals surface area contributed by atoms with E-state index in [0.29, 0.717) is 6.29 Å². The van der Waals surface area contributed by atoms with Gasteiger partial charge in [-0.15, -0.1) is 0 Å². The normalized spacial score (nSPS) is 47.5. The molecule has 4 atom stereocenters. The molecular formula is C5H8O5. The van der Waals surface area contributed by atoms with Crippen molar-refractivity contribution in [1.29, 1.82) is 0 Å². The zero-order valence-corrected chi connectivity index (χ0v) is 5.04. The fourth-order valence-corrected chi connectivity index (χ4v) is 0.798. The van der Waals surface area contributed by atoms with Crippen LogP contribution in [-0.2, 0) is 9.53 Å². The summed E-state index contributed by atoms with van der Waals surface area (Å²) in [6, 6.07) is 0. The fraction of sp³-hybridized carbons (Fsp3) is 0.800. The average Bonchev–Trinajstić information content (AvgIpc) is 2.17. The molecule has 1 aliphatic rings. The largest absolute Gasteiger partial charge is 0.387 e. The number of hydrogen-bond donors (Lipinski definition) is 3. The molecule has 1 heterocycles. The van der Waals surface area contributed by atoms with E-state index in [2.05, 4.69) is 4.74 Å². The molecule has 0 aromatic heterocycles. The lowest BCUT2D eigenvalue weighted by molar-refractivity contribution is -0.140. The monoisotopic (exact) mass is 148 g/mol. The van der Waals surface area contributed by atoms with Crippen LogP contribution >= 0.6 is 0 Å². The van der Waals surface area contributed by atoms with Crippen LogP contribution in [0.25, 0.3) is 0 Å². The minimum atomic E-state index is -1.45. The van der Waals surface area contributed by atoms with Crippen molar-refractivity contribution in [2.75, 3.05) is 0 Å². The molecule has 0 saturated carbocycles. The Morgan fingerprint density at radius 1 is 1.20 bits per heavy atom. The van der Waals surface area contributed by atoms with E-state index in [1.807, 2.05) is 0 Å². The lowest BCUT2D eigenvalue weighted by atomic mass is 10.1. The first kappa shape index (κ1) is 7.62. The van der Waals surface area contributed by atoms with Crippen molar-refractivity contribution in [2.24, 2.45) is 0 Å². The van der Waals surface area contributed by atoms with Crippen LogP contribution in [0.1, 0.15) is 0 Å². The first-order valence-corrected chi connectivity index (χ1v) is 2.82. The molecule has 1 aliphatic heterocycles. The number of aliphatic hydroxyl groups is 3. The lowest BCUT2D eigenvalue weighted by Gasteiger charge is -2.06. The highest BCUT2D eigenvalue weighted by atomic mass is 16.6. The maximum absolute atomic E-state index is 10.0. The molecule has 0 spiro atoms. The molecule has 0 amide bonds. The summed E-state index contributed by atoms with van der Waals surface area (Å²) in [5, 5.41) is 26.3. The Labute approximate surface area is 56.9 Å². The predicted octanol–water partition coefficient (Wildman–Crippen LogP) is -2.38. The van der Waals surface area contributed by atoms with Crippen molar-refractivity contribution in [3.05, 3.63) is 0 Å². The third-order valence-electron chi connectivity index (χ3n) is 1.41. The van der Waals surface area contributed by atoms with Crippen LogP contribution in [0.3, 0.4) is 0 Å². The Morgan fingerprint density at radius 3 is 2.00 bits per heavy atom. The molecule has 5 nitrogen and oxygen atoms in total. The minimum absolute atomic E-state index is 0.337. The fourth-order valence-electron chi connectivity index (χ4n) is 0.798. The molecule has 5 heteroatoms. The van der Waals surface area contributed by atoms with E-state index in [1.165, 1.54) is 0 Å². The Bertz CT molecular complexity index is 136. The summed E-state index contributed by atoms with van der Waals surface area (Å²) in [5.74, 6) is 0. The van der Waals surface area contributed by atoms with Crippen molar-refractivity contribution in [1.82, 2.24) is 0 Å². The second kappa shape index (κ2) is 2.63. The van der Waals surface area contributed by atoms with E-state index in [0.717, 1.165) is 0 Å². The third-order valence-corrected chi connectivity index (χ3v) is 1.41. The van der Waals surface area contributed by atoms with Crippen LogP contribution in [0.4, 0.5) is 0 Å². The van der Waals surface area contributed by atoms with Gasteiger partial charge in [0.1, 0.15) is 18.3 Å². The van der Waals surface area contributed by atoms with Crippen molar-refractivity contribution in [3.8, 4) is 0 Å². The maximum atomic E-state index is 10.0. The molecule has 1 rings (SSSR count). The first-order chi connectivity index (χ1) is 4.66. The van der Waals surface area contributed by atoms with Gasteiger partial charge in [-0.05, 0) is 0 Å². The van der Waals surface area contributed by atoms with Gasteiger partial charge in [0.05, 0.1) is 0 Å². The minimum Gasteiger partial charge on any atom is -0.387 e.